The van der Waals surface area contributed by atoms with Crippen molar-refractivity contribution in [1.29, 1.82) is 0 Å². The quantitative estimate of drug-likeness (QED) is 0.810. The largest absolute Gasteiger partial charge is 0.485 e. The molecular weight excluding hydrogens is 344 g/mol. The summed E-state index contributed by atoms with van der Waals surface area (Å²) in [5, 5.41) is 2.99. The maximum absolute atomic E-state index is 12.4. The fourth-order valence-corrected chi connectivity index (χ4v) is 3.20. The van der Waals surface area contributed by atoms with Gasteiger partial charge >= 0.3 is 0 Å². The third-order valence-corrected chi connectivity index (χ3v) is 4.60. The molecule has 27 heavy (non-hydrogen) atoms. The lowest BCUT2D eigenvalue weighted by atomic mass is 10.1. The number of hydrogen-bond acceptors (Lipinski definition) is 5. The predicted octanol–water partition coefficient (Wildman–Crippen LogP) is 2.93. The zero-order valence-corrected chi connectivity index (χ0v) is 16.3. The molecule has 1 unspecified atom stereocenters. The van der Waals surface area contributed by atoms with Crippen molar-refractivity contribution in [3.8, 4) is 5.75 Å². The summed E-state index contributed by atoms with van der Waals surface area (Å²) in [6.45, 7) is 10.5. The summed E-state index contributed by atoms with van der Waals surface area (Å²) in [6, 6.07) is 9.55. The normalized spacial score (nSPS) is 16.1. The number of nitrogens with zero attached hydrogens (tertiary/aromatic N) is 1. The molecule has 2 aromatic rings. The van der Waals surface area contributed by atoms with E-state index >= 15 is 0 Å². The number of hydrogen-bond donors (Lipinski definition) is 1. The van der Waals surface area contributed by atoms with Crippen molar-refractivity contribution in [3.05, 3.63) is 53.0 Å². The third kappa shape index (κ3) is 5.58. The fourth-order valence-electron chi connectivity index (χ4n) is 3.20. The van der Waals surface area contributed by atoms with Crippen LogP contribution in [-0.4, -0.2) is 49.7 Å². The number of morpholine rings is 1. The van der Waals surface area contributed by atoms with E-state index < -0.39 is 0 Å². The third-order valence-electron chi connectivity index (χ3n) is 4.60. The van der Waals surface area contributed by atoms with Crippen LogP contribution < -0.4 is 10.1 Å². The van der Waals surface area contributed by atoms with Gasteiger partial charge in [-0.25, -0.2) is 0 Å². The van der Waals surface area contributed by atoms with Crippen LogP contribution in [0.25, 0.3) is 0 Å². The number of carbonyl (C=O) groups is 1. The van der Waals surface area contributed by atoms with E-state index in [0.29, 0.717) is 18.1 Å². The average Bonchev–Trinajstić information content (AvgIpc) is 3.11. The van der Waals surface area contributed by atoms with Crippen LogP contribution in [0.15, 0.2) is 34.7 Å². The van der Waals surface area contributed by atoms with Crippen LogP contribution in [0.4, 0.5) is 0 Å². The van der Waals surface area contributed by atoms with Crippen LogP contribution in [0, 0.1) is 13.8 Å². The molecule has 1 aliphatic heterocycles. The standard InChI is InChI=1S/C21H28N2O4/c1-15-4-6-19(16(2)12-15)26-14-18-5-7-20(27-18)21(24)22-17(3)13-23-8-10-25-11-9-23/h4-7,12,17H,8-11,13-14H2,1-3H3,(H,22,24). The second-order valence-electron chi connectivity index (χ2n) is 7.11. The van der Waals surface area contributed by atoms with Gasteiger partial charge in [-0.3, -0.25) is 9.69 Å². The van der Waals surface area contributed by atoms with Crippen LogP contribution in [0.1, 0.15) is 34.4 Å². The molecule has 1 fully saturated rings. The molecule has 1 N–H and O–H groups in total. The zero-order chi connectivity index (χ0) is 19.2. The first-order valence-electron chi connectivity index (χ1n) is 9.41. The van der Waals surface area contributed by atoms with Gasteiger partial charge in [0.25, 0.3) is 5.91 Å². The summed E-state index contributed by atoms with van der Waals surface area (Å²) < 4.78 is 16.8. The van der Waals surface area contributed by atoms with E-state index in [1.165, 1.54) is 5.56 Å². The van der Waals surface area contributed by atoms with E-state index in [1.807, 2.05) is 32.9 Å². The Balaban J connectivity index is 1.49. The second-order valence-corrected chi connectivity index (χ2v) is 7.11. The highest BCUT2D eigenvalue weighted by Crippen LogP contribution is 2.20. The van der Waals surface area contributed by atoms with Crippen molar-refractivity contribution in [2.45, 2.75) is 33.4 Å². The molecule has 2 heterocycles. The predicted molar refractivity (Wildman–Crippen MR) is 103 cm³/mol. The molecule has 1 aliphatic rings. The van der Waals surface area contributed by atoms with Gasteiger partial charge in [0.1, 0.15) is 18.1 Å². The Morgan fingerprint density at radius 2 is 2.00 bits per heavy atom. The number of nitrogens with one attached hydrogen (secondary N) is 1. The van der Waals surface area contributed by atoms with Gasteiger partial charge in [0.05, 0.1) is 13.2 Å². The number of rotatable bonds is 7. The monoisotopic (exact) mass is 372 g/mol. The van der Waals surface area contributed by atoms with E-state index in [9.17, 15) is 4.79 Å². The van der Waals surface area contributed by atoms with Gasteiger partial charge in [0, 0.05) is 25.7 Å². The summed E-state index contributed by atoms with van der Waals surface area (Å²) >= 11 is 0. The molecule has 0 saturated carbocycles. The van der Waals surface area contributed by atoms with Crippen molar-refractivity contribution in [2.24, 2.45) is 0 Å². The molecule has 1 atom stereocenters. The Morgan fingerprint density at radius 1 is 1.22 bits per heavy atom. The van der Waals surface area contributed by atoms with Gasteiger partial charge in [-0.2, -0.15) is 0 Å². The first-order chi connectivity index (χ1) is 13.0. The van der Waals surface area contributed by atoms with Gasteiger partial charge in [-0.05, 0) is 44.5 Å². The van der Waals surface area contributed by atoms with Gasteiger partial charge in [0.15, 0.2) is 5.76 Å². The summed E-state index contributed by atoms with van der Waals surface area (Å²) in [5.41, 5.74) is 2.28. The van der Waals surface area contributed by atoms with Crippen molar-refractivity contribution in [1.82, 2.24) is 10.2 Å². The first kappa shape index (κ1) is 19.5. The molecule has 0 radical (unpaired) electrons. The van der Waals surface area contributed by atoms with Gasteiger partial charge in [0.2, 0.25) is 0 Å². The van der Waals surface area contributed by atoms with E-state index in [1.54, 1.807) is 12.1 Å². The molecule has 0 aliphatic carbocycles. The van der Waals surface area contributed by atoms with Crippen LogP contribution in [0.2, 0.25) is 0 Å². The number of ether oxygens (including phenoxy) is 2. The molecular formula is C21H28N2O4. The Kier molecular flexibility index (Phi) is 6.53. The topological polar surface area (TPSA) is 63.9 Å². The average molecular weight is 372 g/mol. The molecule has 6 heteroatoms. The smallest absolute Gasteiger partial charge is 0.287 e. The van der Waals surface area contributed by atoms with Crippen molar-refractivity contribution >= 4 is 5.91 Å². The zero-order valence-electron chi connectivity index (χ0n) is 16.3. The van der Waals surface area contributed by atoms with Crippen molar-refractivity contribution in [3.63, 3.8) is 0 Å². The molecule has 1 aromatic heterocycles. The highest BCUT2D eigenvalue weighted by Gasteiger charge is 2.18. The Labute approximate surface area is 160 Å². The highest BCUT2D eigenvalue weighted by atomic mass is 16.5. The SMILES string of the molecule is Cc1ccc(OCc2ccc(C(=O)NC(C)CN3CCOCC3)o2)c(C)c1. The molecule has 1 aromatic carbocycles. The molecule has 0 spiro atoms. The molecule has 3 rings (SSSR count). The lowest BCUT2D eigenvalue weighted by Crippen LogP contribution is -2.45. The molecule has 1 amide bonds. The van der Waals surface area contributed by atoms with Crippen LogP contribution in [-0.2, 0) is 11.3 Å². The maximum atomic E-state index is 12.4. The minimum Gasteiger partial charge on any atom is -0.485 e. The molecule has 1 saturated heterocycles. The van der Waals surface area contributed by atoms with Crippen molar-refractivity contribution < 1.29 is 18.7 Å². The lowest BCUT2D eigenvalue weighted by molar-refractivity contribution is 0.0341. The number of furan rings is 1. The van der Waals surface area contributed by atoms with Gasteiger partial charge in [-0.1, -0.05) is 17.7 Å². The highest BCUT2D eigenvalue weighted by molar-refractivity contribution is 5.91. The summed E-state index contributed by atoms with van der Waals surface area (Å²) in [4.78, 5) is 14.7. The van der Waals surface area contributed by atoms with E-state index in [4.69, 9.17) is 13.9 Å². The van der Waals surface area contributed by atoms with Gasteiger partial charge in [-0.15, -0.1) is 0 Å². The first-order valence-corrected chi connectivity index (χ1v) is 9.41. The molecule has 0 bridgehead atoms. The van der Waals surface area contributed by atoms with Crippen LogP contribution in [0.3, 0.4) is 0 Å². The number of carbonyl (C=O) groups excluding carboxylic acids is 1. The second kappa shape index (κ2) is 9.06. The van der Waals surface area contributed by atoms with Crippen molar-refractivity contribution in [2.75, 3.05) is 32.8 Å². The fraction of sp³-hybridized carbons (Fsp3) is 0.476. The summed E-state index contributed by atoms with van der Waals surface area (Å²) in [7, 11) is 0. The Bertz CT molecular complexity index is 765. The van der Waals surface area contributed by atoms with Gasteiger partial charge < -0.3 is 19.2 Å². The maximum Gasteiger partial charge on any atom is 0.287 e. The number of benzene rings is 1. The minimum absolute atomic E-state index is 0.0376. The molecule has 6 nitrogen and oxygen atoms in total. The summed E-state index contributed by atoms with van der Waals surface area (Å²) in [6.07, 6.45) is 0. The minimum atomic E-state index is -0.200. The van der Waals surface area contributed by atoms with E-state index in [-0.39, 0.29) is 11.9 Å². The Morgan fingerprint density at radius 3 is 2.74 bits per heavy atom. The van der Waals surface area contributed by atoms with Crippen LogP contribution >= 0.6 is 0 Å². The van der Waals surface area contributed by atoms with E-state index in [2.05, 4.69) is 16.3 Å². The number of aryl methyl sites for hydroxylation is 2. The molecule has 146 valence electrons. The van der Waals surface area contributed by atoms with Crippen LogP contribution in [0.5, 0.6) is 5.75 Å². The Hall–Kier alpha value is -2.31. The lowest BCUT2D eigenvalue weighted by Gasteiger charge is -2.29. The van der Waals surface area contributed by atoms with E-state index in [0.717, 1.165) is 44.2 Å². The summed E-state index contributed by atoms with van der Waals surface area (Å²) in [5.74, 6) is 1.56. The number of amides is 1.